The third-order valence-corrected chi connectivity index (χ3v) is 4.76. The summed E-state index contributed by atoms with van der Waals surface area (Å²) in [6.07, 6.45) is 3.76. The van der Waals surface area contributed by atoms with Crippen molar-refractivity contribution < 1.29 is 0 Å². The number of halogens is 1. The van der Waals surface area contributed by atoms with Crippen LogP contribution in [0, 0.1) is 0 Å². The summed E-state index contributed by atoms with van der Waals surface area (Å²) in [4.78, 5) is 4.35. The van der Waals surface area contributed by atoms with Gasteiger partial charge in [0.05, 0.1) is 0 Å². The molecular weight excluding hydrogens is 332 g/mol. The number of hydrogen-bond donors (Lipinski definition) is 1. The molecule has 3 aromatic rings. The molecule has 1 aromatic heterocycles. The molecule has 4 nitrogen and oxygen atoms in total. The maximum atomic E-state index is 6.01. The highest BCUT2D eigenvalue weighted by Gasteiger charge is 2.23. The van der Waals surface area contributed by atoms with Gasteiger partial charge in [-0.25, -0.2) is 4.68 Å². The van der Waals surface area contributed by atoms with E-state index >= 15 is 0 Å². The number of allylic oxidation sites excluding steroid dienone is 1. The molecule has 1 N–H and O–H groups in total. The second kappa shape index (κ2) is 6.37. The zero-order chi connectivity index (χ0) is 17.4. The lowest BCUT2D eigenvalue weighted by Gasteiger charge is -2.24. The van der Waals surface area contributed by atoms with Gasteiger partial charge in [0, 0.05) is 10.7 Å². The molecule has 1 unspecified atom stereocenters. The lowest BCUT2D eigenvalue weighted by atomic mass is 9.97. The molecule has 1 aliphatic rings. The van der Waals surface area contributed by atoms with Crippen molar-refractivity contribution in [1.29, 1.82) is 0 Å². The first-order chi connectivity index (χ1) is 12.1. The van der Waals surface area contributed by atoms with Crippen molar-refractivity contribution in [3.8, 4) is 0 Å². The summed E-state index contributed by atoms with van der Waals surface area (Å²) in [5, 5.41) is 8.47. The van der Waals surface area contributed by atoms with E-state index in [1.165, 1.54) is 11.1 Å². The third-order valence-electron chi connectivity index (χ3n) is 4.51. The highest BCUT2D eigenvalue weighted by atomic mass is 35.5. The molecule has 5 heteroatoms. The Bertz CT molecular complexity index is 908. The summed E-state index contributed by atoms with van der Waals surface area (Å²) in [6, 6.07) is 16.5. The van der Waals surface area contributed by atoms with E-state index < -0.39 is 0 Å². The molecule has 0 fully saturated rings. The minimum absolute atomic E-state index is 0.00522. The quantitative estimate of drug-likeness (QED) is 0.713. The molecule has 126 valence electrons. The fraction of sp³-hybridized carbons (Fsp3) is 0.200. The Balaban J connectivity index is 1.75. The highest BCUT2D eigenvalue weighted by Crippen LogP contribution is 2.32. The molecule has 2 aromatic carbocycles. The van der Waals surface area contributed by atoms with Crippen LogP contribution in [0.2, 0.25) is 5.02 Å². The lowest BCUT2D eigenvalue weighted by molar-refractivity contribution is 0.611. The summed E-state index contributed by atoms with van der Waals surface area (Å²) in [7, 11) is 0. The number of hydrogen-bond acceptors (Lipinski definition) is 3. The Hall–Kier alpha value is -2.59. The Morgan fingerprint density at radius 2 is 1.76 bits per heavy atom. The van der Waals surface area contributed by atoms with E-state index in [4.69, 9.17) is 11.6 Å². The van der Waals surface area contributed by atoms with Crippen LogP contribution in [0.15, 0.2) is 60.9 Å². The summed E-state index contributed by atoms with van der Waals surface area (Å²) >= 11 is 6.01. The highest BCUT2D eigenvalue weighted by molar-refractivity contribution is 6.30. The zero-order valence-corrected chi connectivity index (χ0v) is 14.9. The van der Waals surface area contributed by atoms with Crippen LogP contribution in [0.25, 0.3) is 5.70 Å². The first-order valence-corrected chi connectivity index (χ1v) is 8.74. The number of nitrogens with one attached hydrogen (secondary N) is 1. The van der Waals surface area contributed by atoms with Crippen LogP contribution in [-0.2, 0) is 0 Å². The normalized spacial score (nSPS) is 16.3. The molecule has 0 amide bonds. The summed E-state index contributed by atoms with van der Waals surface area (Å²) in [5.74, 6) is 1.26. The number of fused-ring (bicyclic) bond motifs is 1. The summed E-state index contributed by atoms with van der Waals surface area (Å²) < 4.78 is 1.91. The van der Waals surface area contributed by atoms with Crippen LogP contribution >= 0.6 is 11.6 Å². The van der Waals surface area contributed by atoms with E-state index in [9.17, 15) is 0 Å². The van der Waals surface area contributed by atoms with E-state index in [1.807, 2.05) is 28.9 Å². The molecule has 0 spiro atoms. The number of rotatable bonds is 3. The topological polar surface area (TPSA) is 42.7 Å². The first-order valence-electron chi connectivity index (χ1n) is 8.36. The van der Waals surface area contributed by atoms with Gasteiger partial charge >= 0.3 is 0 Å². The van der Waals surface area contributed by atoms with Crippen molar-refractivity contribution in [1.82, 2.24) is 14.8 Å². The van der Waals surface area contributed by atoms with Crippen molar-refractivity contribution in [2.75, 3.05) is 5.32 Å². The molecule has 2 heterocycles. The van der Waals surface area contributed by atoms with Gasteiger partial charge in [-0.1, -0.05) is 61.8 Å². The second-order valence-corrected chi connectivity index (χ2v) is 6.94. The van der Waals surface area contributed by atoms with E-state index in [0.717, 1.165) is 22.2 Å². The van der Waals surface area contributed by atoms with Crippen LogP contribution in [0.1, 0.15) is 42.5 Å². The molecular formula is C20H19ClN4. The number of aromatic nitrogens is 3. The minimum atomic E-state index is 0.00522. The molecule has 0 saturated heterocycles. The van der Waals surface area contributed by atoms with Crippen LogP contribution in [0.4, 0.5) is 5.95 Å². The molecule has 0 saturated carbocycles. The van der Waals surface area contributed by atoms with Crippen LogP contribution in [0.3, 0.4) is 0 Å². The van der Waals surface area contributed by atoms with Gasteiger partial charge in [-0.15, -0.1) is 0 Å². The van der Waals surface area contributed by atoms with Crippen molar-refractivity contribution in [3.63, 3.8) is 0 Å². The number of nitrogens with zero attached hydrogens (tertiary/aromatic N) is 3. The predicted octanol–water partition coefficient (Wildman–Crippen LogP) is 5.11. The molecule has 1 atom stereocenters. The summed E-state index contributed by atoms with van der Waals surface area (Å²) in [6.45, 7) is 4.40. The van der Waals surface area contributed by atoms with Gasteiger partial charge in [-0.2, -0.15) is 10.1 Å². The fourth-order valence-electron chi connectivity index (χ4n) is 3.05. The largest absolute Gasteiger partial charge is 0.324 e. The monoisotopic (exact) mass is 350 g/mol. The SMILES string of the molecule is CC(C)c1ccc(C2C=C(c3ccc(Cl)cc3)Nc3ncnn32)cc1. The Kier molecular flexibility index (Phi) is 4.06. The lowest BCUT2D eigenvalue weighted by Crippen LogP contribution is -2.20. The average Bonchev–Trinajstić information content (AvgIpc) is 3.10. The smallest absolute Gasteiger partial charge is 0.226 e. The van der Waals surface area contributed by atoms with E-state index in [1.54, 1.807) is 6.33 Å². The van der Waals surface area contributed by atoms with Gasteiger partial charge in [-0.3, -0.25) is 0 Å². The van der Waals surface area contributed by atoms with Crippen molar-refractivity contribution in [2.24, 2.45) is 0 Å². The van der Waals surface area contributed by atoms with Gasteiger partial charge in [0.15, 0.2) is 0 Å². The van der Waals surface area contributed by atoms with Gasteiger partial charge in [0.2, 0.25) is 5.95 Å². The number of anilines is 1. The standard InChI is InChI=1S/C20H19ClN4/c1-13(2)14-3-5-16(6-4-14)19-11-18(15-7-9-17(21)10-8-15)24-20-22-12-23-25(19)20/h3-13,19H,1-2H3,(H,22,23,24). The third kappa shape index (κ3) is 3.05. The predicted molar refractivity (Wildman–Crippen MR) is 102 cm³/mol. The molecule has 25 heavy (non-hydrogen) atoms. The first kappa shape index (κ1) is 15.9. The minimum Gasteiger partial charge on any atom is -0.324 e. The Morgan fingerprint density at radius 1 is 1.04 bits per heavy atom. The Labute approximate surface area is 152 Å². The maximum Gasteiger partial charge on any atom is 0.226 e. The summed E-state index contributed by atoms with van der Waals surface area (Å²) in [5.41, 5.74) is 4.60. The molecule has 4 rings (SSSR count). The average molecular weight is 351 g/mol. The van der Waals surface area contributed by atoms with Gasteiger partial charge in [0.25, 0.3) is 0 Å². The molecule has 0 bridgehead atoms. The molecule has 0 aliphatic carbocycles. The fourth-order valence-corrected chi connectivity index (χ4v) is 3.17. The van der Waals surface area contributed by atoms with E-state index in [-0.39, 0.29) is 6.04 Å². The molecule has 0 radical (unpaired) electrons. The van der Waals surface area contributed by atoms with Gasteiger partial charge in [0.1, 0.15) is 12.4 Å². The van der Waals surface area contributed by atoms with E-state index in [2.05, 4.69) is 59.6 Å². The van der Waals surface area contributed by atoms with Crippen LogP contribution in [-0.4, -0.2) is 14.8 Å². The second-order valence-electron chi connectivity index (χ2n) is 6.51. The molecule has 1 aliphatic heterocycles. The van der Waals surface area contributed by atoms with Crippen LogP contribution in [0.5, 0.6) is 0 Å². The maximum absolute atomic E-state index is 6.01. The Morgan fingerprint density at radius 3 is 2.44 bits per heavy atom. The van der Waals surface area contributed by atoms with Gasteiger partial charge in [-0.05, 0) is 40.8 Å². The van der Waals surface area contributed by atoms with E-state index in [0.29, 0.717) is 5.92 Å². The zero-order valence-electron chi connectivity index (χ0n) is 14.1. The van der Waals surface area contributed by atoms with Crippen molar-refractivity contribution >= 4 is 23.2 Å². The van der Waals surface area contributed by atoms with Crippen molar-refractivity contribution in [3.05, 3.63) is 82.6 Å². The van der Waals surface area contributed by atoms with Crippen LogP contribution < -0.4 is 5.32 Å². The number of benzene rings is 2. The van der Waals surface area contributed by atoms with Crippen molar-refractivity contribution in [2.45, 2.75) is 25.8 Å². The van der Waals surface area contributed by atoms with Gasteiger partial charge < -0.3 is 5.32 Å².